The normalized spacial score (nSPS) is 14.4. The first kappa shape index (κ1) is 39.4. The lowest BCUT2D eigenvalue weighted by atomic mass is 9.61. The van der Waals surface area contributed by atoms with Crippen LogP contribution >= 0.6 is 11.3 Å². The Hall–Kier alpha value is -8.78. The Balaban J connectivity index is 0.874. The maximum atomic E-state index is 5.28. The monoisotopic (exact) mass is 898 g/mol. The van der Waals surface area contributed by atoms with Gasteiger partial charge in [0.2, 0.25) is 0 Å². The molecular weight excluding hydrogens is 861 g/mol. The second kappa shape index (κ2) is 15.9. The van der Waals surface area contributed by atoms with Gasteiger partial charge in [0.15, 0.2) is 34.9 Å². The molecule has 2 unspecified atom stereocenters. The van der Waals surface area contributed by atoms with Crippen LogP contribution in [-0.4, -0.2) is 29.9 Å². The Morgan fingerprint density at radius 1 is 0.232 bits per heavy atom. The van der Waals surface area contributed by atoms with E-state index >= 15 is 0 Å². The van der Waals surface area contributed by atoms with Gasteiger partial charge in [0.1, 0.15) is 0 Å². The third-order valence-corrected chi connectivity index (χ3v) is 14.9. The topological polar surface area (TPSA) is 77.3 Å². The summed E-state index contributed by atoms with van der Waals surface area (Å²) in [5.41, 5.74) is 15.8. The fourth-order valence-corrected chi connectivity index (χ4v) is 11.6. The van der Waals surface area contributed by atoms with Crippen LogP contribution in [-0.2, 0) is 0 Å². The summed E-state index contributed by atoms with van der Waals surface area (Å²) in [6.45, 7) is 0. The lowest BCUT2D eigenvalue weighted by molar-refractivity contribution is 0.754. The van der Waals surface area contributed by atoms with E-state index in [0.29, 0.717) is 34.9 Å². The van der Waals surface area contributed by atoms with Crippen LogP contribution in [0.25, 0.3) is 99.6 Å². The quantitative estimate of drug-likeness (QED) is 0.159. The number of benzene rings is 9. The molecule has 0 spiro atoms. The van der Waals surface area contributed by atoms with E-state index in [1.807, 2.05) is 90.2 Å². The van der Waals surface area contributed by atoms with Crippen LogP contribution in [0.5, 0.6) is 0 Å². The molecule has 69 heavy (non-hydrogen) atoms. The predicted molar refractivity (Wildman–Crippen MR) is 279 cm³/mol. The average Bonchev–Trinajstić information content (AvgIpc) is 3.81. The van der Waals surface area contributed by atoms with E-state index in [0.717, 1.165) is 44.5 Å². The Morgan fingerprint density at radius 2 is 0.594 bits per heavy atom. The number of fused-ring (bicyclic) bond motifs is 3. The second-order valence-electron chi connectivity index (χ2n) is 17.8. The fraction of sp³-hybridized carbons (Fsp3) is 0.0323. The van der Waals surface area contributed by atoms with E-state index in [1.165, 1.54) is 53.6 Å². The molecular formula is C62H38N6S. The molecule has 0 amide bonds. The van der Waals surface area contributed by atoms with Gasteiger partial charge in [-0.15, -0.1) is 11.3 Å². The molecule has 0 radical (unpaired) electrons. The largest absolute Gasteiger partial charge is 0.208 e. The molecule has 3 aliphatic rings. The lowest BCUT2D eigenvalue weighted by Crippen LogP contribution is -2.27. The van der Waals surface area contributed by atoms with Crippen LogP contribution in [0.3, 0.4) is 0 Å². The van der Waals surface area contributed by atoms with Crippen LogP contribution in [0.1, 0.15) is 45.2 Å². The van der Waals surface area contributed by atoms with Crippen molar-refractivity contribution in [3.8, 4) is 79.5 Å². The third-order valence-electron chi connectivity index (χ3n) is 13.7. The third kappa shape index (κ3) is 6.69. The molecule has 0 fully saturated rings. The summed E-state index contributed by atoms with van der Waals surface area (Å²) in [5, 5.41) is 2.56. The first-order valence-corrected chi connectivity index (χ1v) is 24.1. The van der Waals surface area contributed by atoms with Crippen molar-refractivity contribution in [1.82, 2.24) is 29.9 Å². The minimum absolute atomic E-state index is 0.0209. The Labute approximate surface area is 402 Å². The summed E-state index contributed by atoms with van der Waals surface area (Å²) in [6, 6.07) is 77.1. The van der Waals surface area contributed by atoms with Crippen LogP contribution in [0.4, 0.5) is 0 Å². The minimum atomic E-state index is 0.0209. The second-order valence-corrected chi connectivity index (χ2v) is 18.9. The van der Waals surface area contributed by atoms with Gasteiger partial charge in [-0.3, -0.25) is 0 Å². The predicted octanol–water partition coefficient (Wildman–Crippen LogP) is 15.1. The van der Waals surface area contributed by atoms with Gasteiger partial charge in [0, 0.05) is 65.4 Å². The van der Waals surface area contributed by atoms with E-state index in [-0.39, 0.29) is 11.8 Å². The Kier molecular flexibility index (Phi) is 9.10. The average molecular weight is 899 g/mol. The Bertz CT molecular complexity index is 3920. The molecule has 0 saturated heterocycles. The van der Waals surface area contributed by atoms with Gasteiger partial charge in [-0.05, 0) is 80.9 Å². The van der Waals surface area contributed by atoms with Gasteiger partial charge in [-0.2, -0.15) is 0 Å². The molecule has 0 N–H and O–H groups in total. The number of hydrogen-bond acceptors (Lipinski definition) is 7. The summed E-state index contributed by atoms with van der Waals surface area (Å²) >= 11 is 1.84. The number of nitrogens with zero attached hydrogens (tertiary/aromatic N) is 6. The van der Waals surface area contributed by atoms with Crippen LogP contribution in [0, 0.1) is 0 Å². The highest BCUT2D eigenvalue weighted by Crippen LogP contribution is 2.56. The number of thiophene rings is 1. The summed E-state index contributed by atoms with van der Waals surface area (Å²) in [7, 11) is 0. The van der Waals surface area contributed by atoms with Crippen molar-refractivity contribution in [3.05, 3.63) is 252 Å². The van der Waals surface area contributed by atoms with Gasteiger partial charge in [-0.1, -0.05) is 182 Å². The molecule has 2 atom stereocenters. The zero-order chi connectivity index (χ0) is 45.4. The fourth-order valence-electron chi connectivity index (χ4n) is 10.5. The lowest BCUT2D eigenvalue weighted by Gasteiger charge is -2.42. The number of aromatic nitrogens is 6. The van der Waals surface area contributed by atoms with Crippen molar-refractivity contribution in [1.29, 1.82) is 0 Å². The van der Waals surface area contributed by atoms with Crippen molar-refractivity contribution in [3.63, 3.8) is 0 Å². The maximum Gasteiger partial charge on any atom is 0.164 e. The molecule has 0 aliphatic heterocycles. The van der Waals surface area contributed by atoms with E-state index in [1.54, 1.807) is 0 Å². The molecule has 6 nitrogen and oxygen atoms in total. The van der Waals surface area contributed by atoms with Crippen molar-refractivity contribution >= 4 is 31.5 Å². The highest BCUT2D eigenvalue weighted by molar-refractivity contribution is 7.25. The molecule has 0 saturated carbocycles. The van der Waals surface area contributed by atoms with Crippen LogP contribution in [0.2, 0.25) is 0 Å². The van der Waals surface area contributed by atoms with Crippen LogP contribution in [0.15, 0.2) is 218 Å². The summed E-state index contributed by atoms with van der Waals surface area (Å²) in [6.07, 6.45) is 0. The molecule has 12 aromatic rings. The molecule has 9 aromatic carbocycles. The van der Waals surface area contributed by atoms with Gasteiger partial charge in [-0.25, -0.2) is 29.9 Å². The van der Waals surface area contributed by atoms with Gasteiger partial charge in [0.05, 0.1) is 0 Å². The molecule has 3 aliphatic carbocycles. The molecule has 2 bridgehead atoms. The highest BCUT2D eigenvalue weighted by atomic mass is 32.1. The summed E-state index contributed by atoms with van der Waals surface area (Å²) < 4.78 is 2.59. The van der Waals surface area contributed by atoms with Crippen LogP contribution < -0.4 is 0 Å². The van der Waals surface area contributed by atoms with Crippen molar-refractivity contribution in [2.24, 2.45) is 0 Å². The molecule has 322 valence electrons. The summed E-state index contributed by atoms with van der Waals surface area (Å²) in [5.74, 6) is 3.91. The Morgan fingerprint density at radius 3 is 1.12 bits per heavy atom. The van der Waals surface area contributed by atoms with Gasteiger partial charge >= 0.3 is 0 Å². The smallest absolute Gasteiger partial charge is 0.164 e. The zero-order valence-electron chi connectivity index (χ0n) is 37.0. The highest BCUT2D eigenvalue weighted by Gasteiger charge is 2.41. The van der Waals surface area contributed by atoms with Crippen molar-refractivity contribution in [2.45, 2.75) is 11.8 Å². The molecule has 3 heterocycles. The first-order chi connectivity index (χ1) is 34.2. The van der Waals surface area contributed by atoms with E-state index in [4.69, 9.17) is 29.9 Å². The summed E-state index contributed by atoms with van der Waals surface area (Å²) in [4.78, 5) is 30.8. The van der Waals surface area contributed by atoms with Crippen molar-refractivity contribution < 1.29 is 0 Å². The zero-order valence-corrected chi connectivity index (χ0v) is 37.8. The van der Waals surface area contributed by atoms with E-state index in [2.05, 4.69) is 140 Å². The van der Waals surface area contributed by atoms with Crippen molar-refractivity contribution in [2.75, 3.05) is 0 Å². The maximum absolute atomic E-state index is 5.28. The first-order valence-electron chi connectivity index (χ1n) is 23.2. The van der Waals surface area contributed by atoms with E-state index in [9.17, 15) is 0 Å². The minimum Gasteiger partial charge on any atom is -0.208 e. The number of hydrogen-bond donors (Lipinski definition) is 0. The SMILES string of the molecule is c1ccc(-c2nc(-c3ccccc3)nc(-c3ccc4c(c3)C3c5ccccc5C4c4cc(-c5nc(-c6ccccc6)nc(-c6cccc(-c7ccc8sc9ccccc9c8c7)c6)n5)ccc43)n2)cc1. The van der Waals surface area contributed by atoms with E-state index < -0.39 is 0 Å². The molecule has 3 aromatic heterocycles. The molecule has 7 heteroatoms. The van der Waals surface area contributed by atoms with Gasteiger partial charge in [0.25, 0.3) is 0 Å². The number of rotatable bonds is 7. The molecule has 15 rings (SSSR count). The standard InChI is InChI=1S/C62H38N6S/c1-4-15-37(16-5-1)57-63-58(38-17-6-2-7-18-38)66-61(65-57)43-27-30-48-51(35-43)55-46-24-10-11-25-47(46)56(48)52-36-44(28-31-49(52)55)62-67-59(39-19-8-3-9-20-39)64-60(68-62)42-22-14-21-40(33-42)41-29-32-54-50(34-41)45-23-12-13-26-53(45)69-54/h1-36,55-56H. The van der Waals surface area contributed by atoms with Gasteiger partial charge < -0.3 is 0 Å².